The Morgan fingerprint density at radius 3 is 2.90 bits per heavy atom. The van der Waals surface area contributed by atoms with Gasteiger partial charge in [0.2, 0.25) is 5.91 Å². The number of carbonyl (C=O) groups is 1. The summed E-state index contributed by atoms with van der Waals surface area (Å²) in [5.41, 5.74) is 4.83. The second-order valence-corrected chi connectivity index (χ2v) is 2.10. The predicted octanol–water partition coefficient (Wildman–Crippen LogP) is 0.578. The average molecular weight is 138 g/mol. The molecule has 0 aromatic rings. The number of carbonyl (C=O) groups excluding carboxylic acids is 1. The molecule has 0 aliphatic heterocycles. The fourth-order valence-corrected chi connectivity index (χ4v) is 0.471. The minimum atomic E-state index is -0.468. The summed E-state index contributed by atoms with van der Waals surface area (Å²) in [6.45, 7) is 1.85. The summed E-state index contributed by atoms with van der Waals surface area (Å²) >= 11 is 0. The molecule has 1 unspecified atom stereocenters. The predicted molar refractivity (Wildman–Crippen MR) is 37.7 cm³/mol. The molecule has 1 atom stereocenters. The van der Waals surface area contributed by atoms with Crippen LogP contribution in [-0.4, -0.2) is 5.91 Å². The van der Waals surface area contributed by atoms with Crippen LogP contribution in [0.25, 0.3) is 0 Å². The Balaban J connectivity index is 3.68. The van der Waals surface area contributed by atoms with Gasteiger partial charge < -0.3 is 5.73 Å². The molecule has 0 saturated heterocycles. The molecular weight excluding hydrogens is 128 g/mol. The Labute approximate surface area is 60.1 Å². The molecule has 2 N–H and O–H groups in total. The summed E-state index contributed by atoms with van der Waals surface area (Å²) in [5.74, 6) is -0.359. The molecule has 0 radical (unpaired) electrons. The number of hydrogen-bond acceptors (Lipinski definition) is 2. The fourth-order valence-electron chi connectivity index (χ4n) is 0.471. The number of rotatable bonds is 3. The Hall–Kier alpha value is -1.30. The van der Waals surface area contributed by atoms with Crippen LogP contribution in [0.15, 0.2) is 12.2 Å². The lowest BCUT2D eigenvalue weighted by atomic mass is 10.1. The zero-order chi connectivity index (χ0) is 7.98. The van der Waals surface area contributed by atoms with Gasteiger partial charge in [-0.25, -0.2) is 0 Å². The monoisotopic (exact) mass is 138 g/mol. The Kier molecular flexibility index (Phi) is 3.97. The van der Waals surface area contributed by atoms with Crippen LogP contribution >= 0.6 is 0 Å². The van der Waals surface area contributed by atoms with Crippen molar-refractivity contribution in [3.05, 3.63) is 12.2 Å². The first-order valence-corrected chi connectivity index (χ1v) is 3.01. The van der Waals surface area contributed by atoms with Crippen LogP contribution in [0.2, 0.25) is 0 Å². The van der Waals surface area contributed by atoms with Gasteiger partial charge >= 0.3 is 0 Å². The van der Waals surface area contributed by atoms with Crippen molar-refractivity contribution in [2.45, 2.75) is 13.3 Å². The van der Waals surface area contributed by atoms with Crippen molar-refractivity contribution in [2.24, 2.45) is 11.7 Å². The van der Waals surface area contributed by atoms with Gasteiger partial charge in [-0.05, 0) is 12.0 Å². The smallest absolute Gasteiger partial charge is 0.241 e. The first-order chi connectivity index (χ1) is 4.66. The van der Waals surface area contributed by atoms with Gasteiger partial charge in [0, 0.05) is 6.42 Å². The molecule has 0 aliphatic rings. The van der Waals surface area contributed by atoms with Crippen molar-refractivity contribution in [1.82, 2.24) is 0 Å². The molecule has 0 heterocycles. The van der Waals surface area contributed by atoms with E-state index >= 15 is 0 Å². The first kappa shape index (κ1) is 8.70. The number of amides is 1. The van der Waals surface area contributed by atoms with Crippen LogP contribution < -0.4 is 5.73 Å². The summed E-state index contributed by atoms with van der Waals surface area (Å²) < 4.78 is 0. The van der Waals surface area contributed by atoms with E-state index in [9.17, 15) is 4.79 Å². The molecule has 0 aromatic carbocycles. The third-order valence-electron chi connectivity index (χ3n) is 1.00. The van der Waals surface area contributed by atoms with Crippen molar-refractivity contribution in [2.75, 3.05) is 0 Å². The van der Waals surface area contributed by atoms with Crippen LogP contribution in [0.1, 0.15) is 13.3 Å². The van der Waals surface area contributed by atoms with Gasteiger partial charge in [-0.3, -0.25) is 4.79 Å². The standard InChI is InChI=1S/C7H10N2O/c1-6(4-5-8)2-3-7(9)10/h2-3,6H,4H2,1H3,(H2,9,10). The summed E-state index contributed by atoms with van der Waals surface area (Å²) in [7, 11) is 0. The van der Waals surface area contributed by atoms with E-state index in [1.54, 1.807) is 6.08 Å². The van der Waals surface area contributed by atoms with Crippen molar-refractivity contribution in [3.8, 4) is 6.07 Å². The zero-order valence-corrected chi connectivity index (χ0v) is 5.87. The van der Waals surface area contributed by atoms with E-state index < -0.39 is 5.91 Å². The highest BCUT2D eigenvalue weighted by Gasteiger charge is 1.94. The maximum Gasteiger partial charge on any atom is 0.241 e. The van der Waals surface area contributed by atoms with Gasteiger partial charge in [0.25, 0.3) is 0 Å². The minimum Gasteiger partial charge on any atom is -0.366 e. The fraction of sp³-hybridized carbons (Fsp3) is 0.429. The lowest BCUT2D eigenvalue weighted by Gasteiger charge is -1.94. The molecule has 0 saturated carbocycles. The third-order valence-corrected chi connectivity index (χ3v) is 1.00. The lowest BCUT2D eigenvalue weighted by molar-refractivity contribution is -0.113. The first-order valence-electron chi connectivity index (χ1n) is 3.01. The van der Waals surface area contributed by atoms with Gasteiger partial charge in [-0.1, -0.05) is 13.0 Å². The van der Waals surface area contributed by atoms with Crippen LogP contribution in [0.5, 0.6) is 0 Å². The van der Waals surface area contributed by atoms with Gasteiger partial charge in [-0.2, -0.15) is 5.26 Å². The van der Waals surface area contributed by atoms with Gasteiger partial charge in [0.1, 0.15) is 0 Å². The van der Waals surface area contributed by atoms with Crippen LogP contribution in [0, 0.1) is 17.2 Å². The van der Waals surface area contributed by atoms with Gasteiger partial charge in [-0.15, -0.1) is 0 Å². The molecule has 10 heavy (non-hydrogen) atoms. The summed E-state index contributed by atoms with van der Waals surface area (Å²) in [6.07, 6.45) is 3.33. The van der Waals surface area contributed by atoms with Crippen LogP contribution in [0.3, 0.4) is 0 Å². The van der Waals surface area contributed by atoms with Crippen LogP contribution in [0.4, 0.5) is 0 Å². The number of nitrogens with zero attached hydrogens (tertiary/aromatic N) is 1. The average Bonchev–Trinajstić information content (AvgIpc) is 1.85. The van der Waals surface area contributed by atoms with Crippen molar-refractivity contribution in [3.63, 3.8) is 0 Å². The molecule has 0 spiro atoms. The number of nitrogens with two attached hydrogens (primary N) is 1. The second-order valence-electron chi connectivity index (χ2n) is 2.10. The molecule has 3 nitrogen and oxygen atoms in total. The lowest BCUT2D eigenvalue weighted by Crippen LogP contribution is -2.06. The number of primary amides is 1. The van der Waals surface area contributed by atoms with E-state index in [1.165, 1.54) is 6.08 Å². The highest BCUT2D eigenvalue weighted by atomic mass is 16.1. The van der Waals surface area contributed by atoms with E-state index in [0.717, 1.165) is 0 Å². The molecular formula is C7H10N2O. The number of nitriles is 1. The topological polar surface area (TPSA) is 66.9 Å². The maximum absolute atomic E-state index is 10.2. The maximum atomic E-state index is 10.2. The van der Waals surface area contributed by atoms with E-state index in [1.807, 2.05) is 13.0 Å². The zero-order valence-electron chi connectivity index (χ0n) is 5.87. The van der Waals surface area contributed by atoms with E-state index in [0.29, 0.717) is 6.42 Å². The molecule has 0 rings (SSSR count). The quantitative estimate of drug-likeness (QED) is 0.579. The molecule has 1 amide bonds. The van der Waals surface area contributed by atoms with Gasteiger partial charge in [0.05, 0.1) is 6.07 Å². The summed E-state index contributed by atoms with van der Waals surface area (Å²) in [4.78, 5) is 10.2. The van der Waals surface area contributed by atoms with Gasteiger partial charge in [0.15, 0.2) is 0 Å². The van der Waals surface area contributed by atoms with Crippen molar-refractivity contribution < 1.29 is 4.79 Å². The molecule has 0 bridgehead atoms. The largest absolute Gasteiger partial charge is 0.366 e. The molecule has 0 aromatic heterocycles. The number of allylic oxidation sites excluding steroid dienone is 1. The van der Waals surface area contributed by atoms with E-state index in [2.05, 4.69) is 0 Å². The second kappa shape index (κ2) is 4.57. The minimum absolute atomic E-state index is 0.109. The molecule has 0 fully saturated rings. The number of hydrogen-bond donors (Lipinski definition) is 1. The summed E-state index contributed by atoms with van der Waals surface area (Å²) in [6, 6.07) is 1.99. The summed E-state index contributed by atoms with van der Waals surface area (Å²) in [5, 5.41) is 8.20. The van der Waals surface area contributed by atoms with Crippen molar-refractivity contribution >= 4 is 5.91 Å². The third kappa shape index (κ3) is 4.85. The SMILES string of the molecule is CC(C=CC(N)=O)CC#N. The van der Waals surface area contributed by atoms with Crippen molar-refractivity contribution in [1.29, 1.82) is 5.26 Å². The highest BCUT2D eigenvalue weighted by molar-refractivity contribution is 5.85. The molecule has 0 aliphatic carbocycles. The molecule has 3 heteroatoms. The molecule has 54 valence electrons. The van der Waals surface area contributed by atoms with E-state index in [4.69, 9.17) is 11.0 Å². The Bertz CT molecular complexity index is 179. The Morgan fingerprint density at radius 2 is 2.50 bits per heavy atom. The van der Waals surface area contributed by atoms with Crippen LogP contribution in [-0.2, 0) is 4.79 Å². The normalized spacial score (nSPS) is 12.8. The Morgan fingerprint density at radius 1 is 1.90 bits per heavy atom. The van der Waals surface area contributed by atoms with E-state index in [-0.39, 0.29) is 5.92 Å². The highest BCUT2D eigenvalue weighted by Crippen LogP contribution is 2.00.